The number of hydrogen-bond donors (Lipinski definition) is 1. The normalized spacial score (nSPS) is 12.8. The first-order valence-corrected chi connectivity index (χ1v) is 16.7. The van der Waals surface area contributed by atoms with Gasteiger partial charge >= 0.3 is 0 Å². The molecule has 3 aromatic rings. The van der Waals surface area contributed by atoms with Gasteiger partial charge in [-0.05, 0) is 61.7 Å². The van der Waals surface area contributed by atoms with Crippen molar-refractivity contribution in [2.75, 3.05) is 17.1 Å². The third-order valence-electron chi connectivity index (χ3n) is 6.93. The van der Waals surface area contributed by atoms with Crippen molar-refractivity contribution in [2.24, 2.45) is 0 Å². The number of benzene rings is 3. The average molecular weight is 653 g/mol. The quantitative estimate of drug-likeness (QED) is 0.209. The van der Waals surface area contributed by atoms with Gasteiger partial charge in [0, 0.05) is 52.6 Å². The molecule has 42 heavy (non-hydrogen) atoms. The maximum atomic E-state index is 13.9. The van der Waals surface area contributed by atoms with Crippen LogP contribution >= 0.6 is 34.8 Å². The lowest BCUT2D eigenvalue weighted by Crippen LogP contribution is -2.52. The molecule has 226 valence electrons. The first-order valence-electron chi connectivity index (χ1n) is 13.7. The van der Waals surface area contributed by atoms with E-state index >= 15 is 0 Å². The summed E-state index contributed by atoms with van der Waals surface area (Å²) in [6.07, 6.45) is 2.32. The zero-order chi connectivity index (χ0) is 30.9. The maximum Gasteiger partial charge on any atom is 0.243 e. The van der Waals surface area contributed by atoms with Crippen molar-refractivity contribution < 1.29 is 18.0 Å². The van der Waals surface area contributed by atoms with Crippen molar-refractivity contribution in [1.82, 2.24) is 10.2 Å². The highest BCUT2D eigenvalue weighted by Crippen LogP contribution is 2.28. The van der Waals surface area contributed by atoms with E-state index in [4.69, 9.17) is 34.8 Å². The predicted octanol–water partition coefficient (Wildman–Crippen LogP) is 6.75. The molecule has 0 unspecified atom stereocenters. The van der Waals surface area contributed by atoms with E-state index in [-0.39, 0.29) is 50.2 Å². The van der Waals surface area contributed by atoms with Gasteiger partial charge in [0.25, 0.3) is 0 Å². The summed E-state index contributed by atoms with van der Waals surface area (Å²) in [5.41, 5.74) is 1.86. The summed E-state index contributed by atoms with van der Waals surface area (Å²) in [4.78, 5) is 29.1. The molecule has 0 aliphatic rings. The molecule has 3 aromatic carbocycles. The number of nitrogens with one attached hydrogen (secondary N) is 1. The number of carbonyl (C=O) groups is 2. The van der Waals surface area contributed by atoms with Crippen LogP contribution in [0.25, 0.3) is 0 Å². The smallest absolute Gasteiger partial charge is 0.243 e. The maximum absolute atomic E-state index is 13.9. The molecule has 11 heteroatoms. The van der Waals surface area contributed by atoms with Crippen LogP contribution in [0.5, 0.6) is 0 Å². The molecule has 0 aliphatic heterocycles. The fraction of sp³-hybridized carbons (Fsp3) is 0.355. The van der Waals surface area contributed by atoms with E-state index in [1.165, 1.54) is 9.21 Å². The van der Waals surface area contributed by atoms with Gasteiger partial charge in [-0.15, -0.1) is 0 Å². The number of sulfonamides is 1. The number of nitrogens with zero attached hydrogens (tertiary/aromatic N) is 2. The molecule has 2 atom stereocenters. The minimum Gasteiger partial charge on any atom is -0.352 e. The lowest BCUT2D eigenvalue weighted by molar-refractivity contribution is -0.141. The van der Waals surface area contributed by atoms with Crippen LogP contribution in [0.3, 0.4) is 0 Å². The highest BCUT2D eigenvalue weighted by Gasteiger charge is 2.32. The van der Waals surface area contributed by atoms with Crippen LogP contribution in [-0.2, 0) is 32.6 Å². The number of rotatable bonds is 14. The minimum atomic E-state index is -3.63. The number of amides is 2. The van der Waals surface area contributed by atoms with E-state index in [9.17, 15) is 18.0 Å². The SMILES string of the molecule is CC[C@H](C)NC(=O)[C@H](Cc1ccccc1)N(Cc1c(Cl)cccc1Cl)C(=O)CCCN(c1ccc(Cl)cc1)S(C)(=O)=O. The zero-order valence-electron chi connectivity index (χ0n) is 23.9. The predicted molar refractivity (Wildman–Crippen MR) is 172 cm³/mol. The summed E-state index contributed by atoms with van der Waals surface area (Å²) in [7, 11) is -3.63. The lowest BCUT2D eigenvalue weighted by Gasteiger charge is -2.33. The Morgan fingerprint density at radius 1 is 0.905 bits per heavy atom. The Labute approximate surface area is 263 Å². The van der Waals surface area contributed by atoms with Crippen LogP contribution in [0.4, 0.5) is 5.69 Å². The van der Waals surface area contributed by atoms with Gasteiger partial charge in [-0.25, -0.2) is 8.42 Å². The number of halogens is 3. The van der Waals surface area contributed by atoms with Gasteiger partial charge in [0.05, 0.1) is 11.9 Å². The molecule has 0 saturated carbocycles. The monoisotopic (exact) mass is 651 g/mol. The molecule has 0 aromatic heterocycles. The number of carbonyl (C=O) groups excluding carboxylic acids is 2. The molecule has 2 amide bonds. The van der Waals surface area contributed by atoms with Crippen LogP contribution < -0.4 is 9.62 Å². The van der Waals surface area contributed by atoms with Crippen molar-refractivity contribution in [3.63, 3.8) is 0 Å². The molecule has 0 spiro atoms. The second kappa shape index (κ2) is 15.6. The fourth-order valence-corrected chi connectivity index (χ4v) is 6.07. The summed E-state index contributed by atoms with van der Waals surface area (Å²) < 4.78 is 26.4. The Kier molecular flexibility index (Phi) is 12.5. The van der Waals surface area contributed by atoms with Crippen LogP contribution in [-0.4, -0.2) is 50.0 Å². The average Bonchev–Trinajstić information content (AvgIpc) is 2.94. The van der Waals surface area contributed by atoms with Gasteiger partial charge in [-0.3, -0.25) is 13.9 Å². The minimum absolute atomic E-state index is 0.00966. The second-order valence-corrected chi connectivity index (χ2v) is 13.3. The van der Waals surface area contributed by atoms with Gasteiger partial charge < -0.3 is 10.2 Å². The Morgan fingerprint density at radius 3 is 2.10 bits per heavy atom. The van der Waals surface area contributed by atoms with Crippen LogP contribution in [0, 0.1) is 0 Å². The zero-order valence-corrected chi connectivity index (χ0v) is 27.0. The largest absolute Gasteiger partial charge is 0.352 e. The molecule has 7 nitrogen and oxygen atoms in total. The van der Waals surface area contributed by atoms with Gasteiger partial charge in [0.15, 0.2) is 0 Å². The van der Waals surface area contributed by atoms with Gasteiger partial charge in [-0.2, -0.15) is 0 Å². The van der Waals surface area contributed by atoms with Crippen molar-refractivity contribution >= 4 is 62.3 Å². The van der Waals surface area contributed by atoms with E-state index in [2.05, 4.69) is 5.32 Å². The molecule has 0 fully saturated rings. The Balaban J connectivity index is 1.93. The Morgan fingerprint density at radius 2 is 1.52 bits per heavy atom. The summed E-state index contributed by atoms with van der Waals surface area (Å²) >= 11 is 19.0. The second-order valence-electron chi connectivity index (χ2n) is 10.2. The highest BCUT2D eigenvalue weighted by molar-refractivity contribution is 7.92. The summed E-state index contributed by atoms with van der Waals surface area (Å²) in [6.45, 7) is 3.95. The molecule has 0 saturated heterocycles. The summed E-state index contributed by atoms with van der Waals surface area (Å²) in [5.74, 6) is -0.612. The van der Waals surface area contributed by atoms with E-state index in [0.717, 1.165) is 18.2 Å². The van der Waals surface area contributed by atoms with E-state index in [1.54, 1.807) is 42.5 Å². The van der Waals surface area contributed by atoms with Crippen molar-refractivity contribution in [3.8, 4) is 0 Å². The molecule has 0 bridgehead atoms. The molecule has 1 N–H and O–H groups in total. The third-order valence-corrected chi connectivity index (χ3v) is 9.08. The first kappa shape index (κ1) is 33.7. The summed E-state index contributed by atoms with van der Waals surface area (Å²) in [5, 5.41) is 4.27. The summed E-state index contributed by atoms with van der Waals surface area (Å²) in [6, 6.07) is 20.1. The number of hydrogen-bond acceptors (Lipinski definition) is 4. The Bertz CT molecular complexity index is 1430. The first-order chi connectivity index (χ1) is 19.9. The number of anilines is 1. The molecule has 0 aliphatic carbocycles. The molecule has 0 radical (unpaired) electrons. The topological polar surface area (TPSA) is 86.8 Å². The van der Waals surface area contributed by atoms with E-state index in [1.807, 2.05) is 44.2 Å². The lowest BCUT2D eigenvalue weighted by atomic mass is 10.0. The van der Waals surface area contributed by atoms with Crippen molar-refractivity contribution in [3.05, 3.63) is 99.0 Å². The molecule has 0 heterocycles. The van der Waals surface area contributed by atoms with Gasteiger partial charge in [0.2, 0.25) is 21.8 Å². The van der Waals surface area contributed by atoms with Crippen LogP contribution in [0.1, 0.15) is 44.2 Å². The van der Waals surface area contributed by atoms with Crippen molar-refractivity contribution in [1.29, 1.82) is 0 Å². The third kappa shape index (κ3) is 9.63. The van der Waals surface area contributed by atoms with Gasteiger partial charge in [0.1, 0.15) is 6.04 Å². The van der Waals surface area contributed by atoms with E-state index in [0.29, 0.717) is 26.3 Å². The van der Waals surface area contributed by atoms with Crippen molar-refractivity contribution in [2.45, 2.75) is 58.2 Å². The van der Waals surface area contributed by atoms with Gasteiger partial charge in [-0.1, -0.05) is 78.1 Å². The fourth-order valence-electron chi connectivity index (χ4n) is 4.46. The van der Waals surface area contributed by atoms with Crippen LogP contribution in [0.2, 0.25) is 15.1 Å². The standard InChI is InChI=1S/C31H36Cl3N3O4S/c1-4-22(2)35-31(39)29(20-23-10-6-5-7-11-23)36(21-26-27(33)12-8-13-28(26)34)30(38)14-9-19-37(42(3,40)41)25-17-15-24(32)16-18-25/h5-8,10-13,15-18,22,29H,4,9,14,19-21H2,1-3H3,(H,35,39)/t22-,29-/m0/s1. The molecular formula is C31H36Cl3N3O4S. The Hall–Kier alpha value is -2.78. The van der Waals surface area contributed by atoms with E-state index < -0.39 is 16.1 Å². The highest BCUT2D eigenvalue weighted by atomic mass is 35.5. The molecule has 3 rings (SSSR count). The van der Waals surface area contributed by atoms with Crippen LogP contribution in [0.15, 0.2) is 72.8 Å². The molecular weight excluding hydrogens is 617 g/mol.